The van der Waals surface area contributed by atoms with Crippen LogP contribution in [0, 0.1) is 0 Å². The Kier molecular flexibility index (Phi) is 6.54. The summed E-state index contributed by atoms with van der Waals surface area (Å²) in [5, 5.41) is 11.4. The van der Waals surface area contributed by atoms with Crippen LogP contribution in [-0.4, -0.2) is 56.7 Å². The Hall–Kier alpha value is -1.08. The van der Waals surface area contributed by atoms with Crippen LogP contribution < -0.4 is 5.32 Å². The topological polar surface area (TPSA) is 63.1 Å². The monoisotopic (exact) mass is 351 g/mol. The predicted molar refractivity (Wildman–Crippen MR) is 97.1 cm³/mol. The number of nitrogens with zero attached hydrogens (tertiary/aromatic N) is 4. The van der Waals surface area contributed by atoms with Crippen LogP contribution >= 0.6 is 11.8 Å². The minimum Gasteiger partial charge on any atom is -0.346 e. The van der Waals surface area contributed by atoms with Gasteiger partial charge < -0.3 is 14.8 Å². The van der Waals surface area contributed by atoms with Crippen molar-refractivity contribution in [3.05, 3.63) is 12.2 Å². The summed E-state index contributed by atoms with van der Waals surface area (Å²) in [6.45, 7) is 5.55. The molecule has 1 aromatic heterocycles. The Morgan fingerprint density at radius 3 is 2.83 bits per heavy atom. The highest BCUT2D eigenvalue weighted by Crippen LogP contribution is 2.31. The van der Waals surface area contributed by atoms with Gasteiger partial charge in [-0.3, -0.25) is 4.79 Å². The smallest absolute Gasteiger partial charge is 0.230 e. The van der Waals surface area contributed by atoms with E-state index in [2.05, 4.69) is 25.0 Å². The van der Waals surface area contributed by atoms with Gasteiger partial charge in [0.15, 0.2) is 5.82 Å². The summed E-state index contributed by atoms with van der Waals surface area (Å²) in [5.74, 6) is 2.53. The van der Waals surface area contributed by atoms with Crippen LogP contribution in [0.4, 0.5) is 0 Å². The average Bonchev–Trinajstić information content (AvgIpc) is 3.33. The number of hydrogen-bond acceptors (Lipinski definition) is 5. The molecule has 1 aromatic rings. The first-order valence-corrected chi connectivity index (χ1v) is 10.4. The molecule has 2 fully saturated rings. The fourth-order valence-corrected chi connectivity index (χ4v) is 4.54. The molecule has 1 aliphatic heterocycles. The molecule has 0 aromatic carbocycles. The second-order valence-electron chi connectivity index (χ2n) is 6.93. The highest BCUT2D eigenvalue weighted by molar-refractivity contribution is 7.99. The summed E-state index contributed by atoms with van der Waals surface area (Å²) in [4.78, 5) is 14.7. The summed E-state index contributed by atoms with van der Waals surface area (Å²) in [7, 11) is 0. The van der Waals surface area contributed by atoms with E-state index in [9.17, 15) is 4.79 Å². The van der Waals surface area contributed by atoms with Crippen molar-refractivity contribution in [3.8, 4) is 0 Å². The highest BCUT2D eigenvalue weighted by atomic mass is 32.2. The van der Waals surface area contributed by atoms with Gasteiger partial charge >= 0.3 is 0 Å². The fraction of sp³-hybridized carbons (Fsp3) is 0.824. The summed E-state index contributed by atoms with van der Waals surface area (Å²) in [5.41, 5.74) is 0. The lowest BCUT2D eigenvalue weighted by Crippen LogP contribution is -2.31. The largest absolute Gasteiger partial charge is 0.346 e. The van der Waals surface area contributed by atoms with Gasteiger partial charge in [-0.05, 0) is 45.7 Å². The van der Waals surface area contributed by atoms with E-state index in [-0.39, 0.29) is 11.9 Å². The number of carbonyl (C=O) groups is 1. The van der Waals surface area contributed by atoms with Gasteiger partial charge in [0.25, 0.3) is 0 Å². The van der Waals surface area contributed by atoms with Crippen LogP contribution in [0.5, 0.6) is 0 Å². The van der Waals surface area contributed by atoms with E-state index in [1.807, 2.05) is 13.3 Å². The zero-order chi connectivity index (χ0) is 16.8. The maximum atomic E-state index is 12.2. The lowest BCUT2D eigenvalue weighted by Gasteiger charge is -2.19. The third-order valence-corrected chi connectivity index (χ3v) is 6.00. The van der Waals surface area contributed by atoms with Crippen molar-refractivity contribution in [1.29, 1.82) is 0 Å². The van der Waals surface area contributed by atoms with E-state index in [0.717, 1.165) is 18.1 Å². The van der Waals surface area contributed by atoms with Gasteiger partial charge in [-0.2, -0.15) is 11.8 Å². The van der Waals surface area contributed by atoms with Crippen LogP contribution in [0.3, 0.4) is 0 Å². The van der Waals surface area contributed by atoms with Gasteiger partial charge in [-0.25, -0.2) is 0 Å². The molecule has 134 valence electrons. The average molecular weight is 352 g/mol. The predicted octanol–water partition coefficient (Wildman–Crippen LogP) is 2.40. The molecule has 1 N–H and O–H groups in total. The lowest BCUT2D eigenvalue weighted by molar-refractivity contribution is -0.119. The van der Waals surface area contributed by atoms with Crippen LogP contribution in [0.1, 0.15) is 63.4 Å². The molecular weight excluding hydrogens is 322 g/mol. The number of aromatic nitrogens is 3. The first-order chi connectivity index (χ1) is 11.7. The van der Waals surface area contributed by atoms with Gasteiger partial charge in [-0.1, -0.05) is 12.8 Å². The quantitative estimate of drug-likeness (QED) is 0.729. The molecule has 0 radical (unpaired) electrons. The molecule has 2 aliphatic rings. The van der Waals surface area contributed by atoms with E-state index < -0.39 is 0 Å². The molecule has 6 nitrogen and oxygen atoms in total. The van der Waals surface area contributed by atoms with Crippen molar-refractivity contribution < 1.29 is 4.79 Å². The standard InChI is InChI=1S/C17H29N5OS/c1-14(17-20-18-13-22(17)15-6-2-3-7-15)19-16(23)12-24-11-10-21-8-4-5-9-21/h13-15H,2-12H2,1H3,(H,19,23)/t14-/m1/s1. The van der Waals surface area contributed by atoms with E-state index in [1.165, 1.54) is 51.6 Å². The number of rotatable bonds is 8. The number of carbonyl (C=O) groups excluding carboxylic acids is 1. The van der Waals surface area contributed by atoms with E-state index >= 15 is 0 Å². The van der Waals surface area contributed by atoms with Crippen molar-refractivity contribution in [3.63, 3.8) is 0 Å². The Balaban J connectivity index is 1.40. The zero-order valence-electron chi connectivity index (χ0n) is 14.6. The van der Waals surface area contributed by atoms with Gasteiger partial charge in [0.2, 0.25) is 5.91 Å². The Labute approximate surface area is 148 Å². The molecule has 24 heavy (non-hydrogen) atoms. The molecule has 7 heteroatoms. The third-order valence-electron chi connectivity index (χ3n) is 5.07. The van der Waals surface area contributed by atoms with E-state index in [1.54, 1.807) is 11.8 Å². The molecule has 1 saturated carbocycles. The van der Waals surface area contributed by atoms with Crippen LogP contribution in [0.2, 0.25) is 0 Å². The molecule has 0 unspecified atom stereocenters. The first kappa shape index (κ1) is 17.7. The zero-order valence-corrected chi connectivity index (χ0v) is 15.4. The van der Waals surface area contributed by atoms with E-state index in [0.29, 0.717) is 11.8 Å². The molecule has 1 saturated heterocycles. The van der Waals surface area contributed by atoms with Crippen molar-refractivity contribution in [1.82, 2.24) is 25.0 Å². The van der Waals surface area contributed by atoms with Crippen molar-refractivity contribution >= 4 is 17.7 Å². The maximum absolute atomic E-state index is 12.2. The second-order valence-corrected chi connectivity index (χ2v) is 8.03. The molecule has 1 aliphatic carbocycles. The second kappa shape index (κ2) is 8.85. The molecular formula is C17H29N5OS. The molecule has 1 atom stereocenters. The number of thioether (sulfide) groups is 1. The molecule has 0 spiro atoms. The summed E-state index contributed by atoms with van der Waals surface area (Å²) < 4.78 is 2.17. The summed E-state index contributed by atoms with van der Waals surface area (Å²) >= 11 is 1.72. The number of likely N-dealkylation sites (tertiary alicyclic amines) is 1. The maximum Gasteiger partial charge on any atom is 0.230 e. The number of hydrogen-bond donors (Lipinski definition) is 1. The third kappa shape index (κ3) is 4.72. The van der Waals surface area contributed by atoms with Crippen LogP contribution in [0.25, 0.3) is 0 Å². The van der Waals surface area contributed by atoms with E-state index in [4.69, 9.17) is 0 Å². The van der Waals surface area contributed by atoms with Gasteiger partial charge in [-0.15, -0.1) is 10.2 Å². The fourth-order valence-electron chi connectivity index (χ4n) is 3.74. The number of nitrogens with one attached hydrogen (secondary N) is 1. The Morgan fingerprint density at radius 1 is 1.33 bits per heavy atom. The molecule has 2 heterocycles. The SMILES string of the molecule is C[C@@H](NC(=O)CSCCN1CCCC1)c1nncn1C1CCCC1. The first-order valence-electron chi connectivity index (χ1n) is 9.23. The van der Waals surface area contributed by atoms with Crippen LogP contribution in [-0.2, 0) is 4.79 Å². The lowest BCUT2D eigenvalue weighted by atomic mass is 10.2. The van der Waals surface area contributed by atoms with Crippen molar-refractivity contribution in [2.24, 2.45) is 0 Å². The normalized spacial score (nSPS) is 20.5. The number of amides is 1. The highest BCUT2D eigenvalue weighted by Gasteiger charge is 2.23. The minimum absolute atomic E-state index is 0.0835. The molecule has 1 amide bonds. The van der Waals surface area contributed by atoms with Crippen molar-refractivity contribution in [2.75, 3.05) is 31.1 Å². The Morgan fingerprint density at radius 2 is 2.08 bits per heavy atom. The summed E-state index contributed by atoms with van der Waals surface area (Å²) in [6, 6.07) is 0.420. The minimum atomic E-state index is -0.0835. The summed E-state index contributed by atoms with van der Waals surface area (Å²) in [6.07, 6.45) is 9.40. The van der Waals surface area contributed by atoms with Crippen LogP contribution in [0.15, 0.2) is 6.33 Å². The molecule has 0 bridgehead atoms. The Bertz CT molecular complexity index is 523. The van der Waals surface area contributed by atoms with Gasteiger partial charge in [0.05, 0.1) is 11.8 Å². The van der Waals surface area contributed by atoms with Crippen molar-refractivity contribution in [2.45, 2.75) is 57.5 Å². The molecule has 3 rings (SSSR count). The van der Waals surface area contributed by atoms with Gasteiger partial charge in [0.1, 0.15) is 6.33 Å². The van der Waals surface area contributed by atoms with Gasteiger partial charge in [0, 0.05) is 18.3 Å².